The van der Waals surface area contributed by atoms with Crippen molar-refractivity contribution in [1.82, 2.24) is 10.3 Å². The fourth-order valence-corrected chi connectivity index (χ4v) is 9.11. The number of hydrogen-bond acceptors (Lipinski definition) is 6. The number of sulfone groups is 1. The molecule has 220 valence electrons. The monoisotopic (exact) mass is 616 g/mol. The van der Waals surface area contributed by atoms with Gasteiger partial charge in [0.2, 0.25) is 0 Å². The summed E-state index contributed by atoms with van der Waals surface area (Å²) in [6.45, 7) is 5.23. The second-order valence-electron chi connectivity index (χ2n) is 12.1. The number of benzene rings is 1. The zero-order chi connectivity index (χ0) is 29.4. The van der Waals surface area contributed by atoms with Crippen molar-refractivity contribution in [3.05, 3.63) is 33.4 Å². The van der Waals surface area contributed by atoms with Gasteiger partial charge in [-0.3, -0.25) is 9.59 Å². The smallest absolute Gasteiger partial charge is 0.306 e. The molecule has 2 aliphatic carbocycles. The third-order valence-electron chi connectivity index (χ3n) is 7.49. The number of carbonyl (C=O) groups excluding carboxylic acids is 1. The first-order valence-corrected chi connectivity index (χ1v) is 16.4. The average Bonchev–Trinajstić information content (AvgIpc) is 3.22. The first-order valence-electron chi connectivity index (χ1n) is 13.5. The number of carboxylic acid groups (broad SMARTS) is 1. The summed E-state index contributed by atoms with van der Waals surface area (Å²) in [5.41, 5.74) is -0.599. The Kier molecular flexibility index (Phi) is 9.26. The van der Waals surface area contributed by atoms with Gasteiger partial charge in [-0.15, -0.1) is 11.3 Å². The molecule has 0 spiro atoms. The zero-order valence-electron chi connectivity index (χ0n) is 22.8. The van der Waals surface area contributed by atoms with Gasteiger partial charge in [0, 0.05) is 17.2 Å². The quantitative estimate of drug-likeness (QED) is 0.316. The van der Waals surface area contributed by atoms with Crippen LogP contribution in [0.25, 0.3) is 10.4 Å². The highest BCUT2D eigenvalue weighted by Gasteiger charge is 2.36. The molecule has 2 fully saturated rings. The van der Waals surface area contributed by atoms with Crippen LogP contribution in [0.15, 0.2) is 17.0 Å². The Morgan fingerprint density at radius 3 is 2.40 bits per heavy atom. The molecule has 0 bridgehead atoms. The number of nitrogens with zero attached hydrogens (tertiary/aromatic N) is 1. The van der Waals surface area contributed by atoms with E-state index in [0.29, 0.717) is 35.8 Å². The first kappa shape index (κ1) is 30.8. The molecule has 12 heteroatoms. The Bertz CT molecular complexity index is 1380. The van der Waals surface area contributed by atoms with Crippen LogP contribution in [0.2, 0.25) is 5.02 Å². The fourth-order valence-electron chi connectivity index (χ4n) is 5.52. The Hall–Kier alpha value is -2.11. The summed E-state index contributed by atoms with van der Waals surface area (Å²) >= 11 is 7.39. The largest absolute Gasteiger partial charge is 0.481 e. The number of carboxylic acids is 1. The number of aliphatic carboxylic acids is 1. The summed E-state index contributed by atoms with van der Waals surface area (Å²) in [6, 6.07) is 2.34. The molecule has 1 heterocycles. The number of alkyl halides is 2. The number of carbonyl (C=O) groups is 2. The van der Waals surface area contributed by atoms with E-state index >= 15 is 0 Å². The van der Waals surface area contributed by atoms with Gasteiger partial charge in [-0.1, -0.05) is 70.5 Å². The minimum atomic E-state index is -3.95. The normalized spacial score (nSPS) is 20.4. The van der Waals surface area contributed by atoms with E-state index in [1.54, 1.807) is 20.8 Å². The number of nitrogens with one attached hydrogen (secondary N) is 1. The number of amides is 1. The lowest BCUT2D eigenvalue weighted by Crippen LogP contribution is -2.46. The number of halogens is 3. The lowest BCUT2D eigenvalue weighted by atomic mass is 9.80. The minimum absolute atomic E-state index is 0.0756. The van der Waals surface area contributed by atoms with Crippen molar-refractivity contribution in [3.63, 3.8) is 0 Å². The van der Waals surface area contributed by atoms with Crippen LogP contribution < -0.4 is 5.32 Å². The molecule has 1 amide bonds. The summed E-state index contributed by atoms with van der Waals surface area (Å²) in [7, 11) is -3.95. The van der Waals surface area contributed by atoms with Crippen LogP contribution >= 0.6 is 22.9 Å². The van der Waals surface area contributed by atoms with Crippen LogP contribution in [0.1, 0.15) is 93.2 Å². The maximum Gasteiger partial charge on any atom is 0.306 e. The van der Waals surface area contributed by atoms with E-state index in [9.17, 15) is 26.8 Å². The topological polar surface area (TPSA) is 113 Å². The Labute approximate surface area is 242 Å². The Morgan fingerprint density at radius 2 is 1.82 bits per heavy atom. The van der Waals surface area contributed by atoms with Crippen molar-refractivity contribution in [2.45, 2.75) is 89.5 Å². The SMILES string of the molecule is CC(C)(C)CS(=O)(=O)c1ccc(-c2sc(C(=O)N[C@H]3C[C@H](C(=O)O)C3)nc2CC2CCCCC2)c(C(F)F)c1Cl. The van der Waals surface area contributed by atoms with Gasteiger partial charge in [0.05, 0.1) is 32.2 Å². The van der Waals surface area contributed by atoms with Crippen molar-refractivity contribution < 1.29 is 31.9 Å². The average molecular weight is 617 g/mol. The zero-order valence-corrected chi connectivity index (χ0v) is 25.2. The fraction of sp³-hybridized carbons (Fsp3) is 0.607. The molecule has 0 aliphatic heterocycles. The molecule has 4 rings (SSSR count). The second kappa shape index (κ2) is 12.0. The third kappa shape index (κ3) is 7.02. The molecule has 0 unspecified atom stereocenters. The second-order valence-corrected chi connectivity index (χ2v) is 15.5. The molecule has 2 aliphatic rings. The van der Waals surface area contributed by atoms with Crippen molar-refractivity contribution in [2.75, 3.05) is 5.75 Å². The maximum absolute atomic E-state index is 14.5. The summed E-state index contributed by atoms with van der Waals surface area (Å²) in [6.07, 6.45) is 3.32. The number of thiazole rings is 1. The Morgan fingerprint density at radius 1 is 1.18 bits per heavy atom. The van der Waals surface area contributed by atoms with E-state index < -0.39 is 50.1 Å². The molecule has 0 radical (unpaired) electrons. The summed E-state index contributed by atoms with van der Waals surface area (Å²) in [5, 5.41) is 11.5. The number of rotatable bonds is 9. The van der Waals surface area contributed by atoms with E-state index in [1.165, 1.54) is 12.1 Å². The standard InChI is InChI=1S/C28H35ClF2N2O5S2/c1-28(2,3)14-40(37,38)20-10-9-18(21(22(20)29)24(30)31)23-19(11-15-7-5-4-6-8-15)33-26(39-23)25(34)32-17-12-16(13-17)27(35)36/h9-10,15-17,24H,4-8,11-14H2,1-3H3,(H,32,34)(H,35,36)/t16-,17-. The summed E-state index contributed by atoms with van der Waals surface area (Å²) in [5.74, 6) is -1.85. The van der Waals surface area contributed by atoms with Crippen LogP contribution in [-0.4, -0.2) is 42.2 Å². The molecule has 0 saturated heterocycles. The Balaban J connectivity index is 1.73. The highest BCUT2D eigenvalue weighted by Crippen LogP contribution is 2.44. The van der Waals surface area contributed by atoms with Crippen molar-refractivity contribution in [1.29, 1.82) is 0 Å². The van der Waals surface area contributed by atoms with E-state index in [2.05, 4.69) is 10.3 Å². The molecular weight excluding hydrogens is 582 g/mol. The van der Waals surface area contributed by atoms with Crippen LogP contribution in [0.5, 0.6) is 0 Å². The van der Waals surface area contributed by atoms with Gasteiger partial charge in [-0.05, 0) is 36.7 Å². The highest BCUT2D eigenvalue weighted by molar-refractivity contribution is 7.91. The molecule has 1 aromatic heterocycles. The van der Waals surface area contributed by atoms with Gasteiger partial charge < -0.3 is 10.4 Å². The third-order valence-corrected chi connectivity index (χ3v) is 11.4. The minimum Gasteiger partial charge on any atom is -0.481 e. The van der Waals surface area contributed by atoms with Gasteiger partial charge in [-0.25, -0.2) is 22.2 Å². The number of aromatic nitrogens is 1. The highest BCUT2D eigenvalue weighted by atomic mass is 35.5. The molecule has 2 saturated carbocycles. The summed E-state index contributed by atoms with van der Waals surface area (Å²) in [4.78, 5) is 28.8. The summed E-state index contributed by atoms with van der Waals surface area (Å²) < 4.78 is 55.3. The molecular formula is C28H35ClF2N2O5S2. The predicted molar refractivity (Wildman–Crippen MR) is 151 cm³/mol. The number of hydrogen-bond donors (Lipinski definition) is 2. The van der Waals surface area contributed by atoms with Gasteiger partial charge in [0.25, 0.3) is 12.3 Å². The van der Waals surface area contributed by atoms with E-state index in [0.717, 1.165) is 43.4 Å². The lowest BCUT2D eigenvalue weighted by molar-refractivity contribution is -0.145. The van der Waals surface area contributed by atoms with Crippen LogP contribution in [0, 0.1) is 17.3 Å². The van der Waals surface area contributed by atoms with Gasteiger partial charge in [0.15, 0.2) is 14.8 Å². The van der Waals surface area contributed by atoms with Crippen molar-refractivity contribution in [2.24, 2.45) is 17.3 Å². The van der Waals surface area contributed by atoms with Crippen molar-refractivity contribution in [3.8, 4) is 10.4 Å². The molecule has 2 aromatic rings. The predicted octanol–water partition coefficient (Wildman–Crippen LogP) is 6.94. The van der Waals surface area contributed by atoms with Crippen molar-refractivity contribution >= 4 is 44.7 Å². The van der Waals surface area contributed by atoms with Crippen LogP contribution in [0.3, 0.4) is 0 Å². The molecule has 1 aromatic carbocycles. The maximum atomic E-state index is 14.5. The lowest BCUT2D eigenvalue weighted by Gasteiger charge is -2.32. The van der Waals surface area contributed by atoms with Gasteiger partial charge in [0.1, 0.15) is 0 Å². The van der Waals surface area contributed by atoms with Crippen LogP contribution in [0.4, 0.5) is 8.78 Å². The van der Waals surface area contributed by atoms with Gasteiger partial charge >= 0.3 is 5.97 Å². The van der Waals surface area contributed by atoms with E-state index in [4.69, 9.17) is 16.7 Å². The molecule has 0 atom stereocenters. The molecule has 7 nitrogen and oxygen atoms in total. The first-order chi connectivity index (χ1) is 18.7. The molecule has 2 N–H and O–H groups in total. The van der Waals surface area contributed by atoms with Crippen LogP contribution in [-0.2, 0) is 21.1 Å². The van der Waals surface area contributed by atoms with E-state index in [-0.39, 0.29) is 27.3 Å². The molecule has 40 heavy (non-hydrogen) atoms. The van der Waals surface area contributed by atoms with Gasteiger partial charge in [-0.2, -0.15) is 0 Å². The van der Waals surface area contributed by atoms with E-state index in [1.807, 2.05) is 0 Å².